The van der Waals surface area contributed by atoms with Crippen LogP contribution in [0.15, 0.2) is 55.1 Å². The molecule has 9 nitrogen and oxygen atoms in total. The lowest BCUT2D eigenvalue weighted by Gasteiger charge is -2.34. The van der Waals surface area contributed by atoms with Crippen LogP contribution in [0.3, 0.4) is 0 Å². The van der Waals surface area contributed by atoms with Crippen molar-refractivity contribution in [1.29, 1.82) is 0 Å². The summed E-state index contributed by atoms with van der Waals surface area (Å²) < 4.78 is 48.8. The average Bonchev–Trinajstić information content (AvgIpc) is 3.45. The highest BCUT2D eigenvalue weighted by atomic mass is 19.4. The second-order valence-electron chi connectivity index (χ2n) is 8.67. The van der Waals surface area contributed by atoms with Crippen molar-refractivity contribution in [2.45, 2.75) is 31.6 Å². The number of hydrogen-bond acceptors (Lipinski definition) is 6. The molecule has 36 heavy (non-hydrogen) atoms. The molecule has 1 amide bonds. The maximum absolute atomic E-state index is 13.9. The SMILES string of the molecule is N[C@@H]1CCCN(c2c(C(F)(F)F)cnc3[nH]cc(NC(=O)Oc4cnn(Cc5ccccc5)c4)c23)C1. The van der Waals surface area contributed by atoms with Gasteiger partial charge in [0.1, 0.15) is 5.65 Å². The predicted molar refractivity (Wildman–Crippen MR) is 128 cm³/mol. The number of carbonyl (C=O) groups is 1. The third kappa shape index (κ3) is 4.98. The number of carbonyl (C=O) groups excluding carboxylic acids is 1. The summed E-state index contributed by atoms with van der Waals surface area (Å²) in [6.07, 6.45) is 1.03. The molecular formula is C24H24F3N7O2. The number of H-pyrrole nitrogens is 1. The minimum atomic E-state index is -4.64. The lowest BCUT2D eigenvalue weighted by atomic mass is 10.0. The first kappa shape index (κ1) is 23.7. The van der Waals surface area contributed by atoms with Crippen molar-refractivity contribution < 1.29 is 22.7 Å². The second kappa shape index (κ2) is 9.53. The van der Waals surface area contributed by atoms with Gasteiger partial charge in [-0.3, -0.25) is 10.00 Å². The Morgan fingerprint density at radius 2 is 2.06 bits per heavy atom. The Balaban J connectivity index is 1.40. The molecule has 5 rings (SSSR count). The Kier molecular flexibility index (Phi) is 6.27. The third-order valence-corrected chi connectivity index (χ3v) is 6.00. The number of pyridine rings is 1. The van der Waals surface area contributed by atoms with Crippen LogP contribution in [-0.4, -0.2) is 45.0 Å². The van der Waals surface area contributed by atoms with Gasteiger partial charge in [0.05, 0.1) is 41.3 Å². The highest BCUT2D eigenvalue weighted by Gasteiger charge is 2.38. The molecule has 0 bridgehead atoms. The number of anilines is 2. The maximum Gasteiger partial charge on any atom is 0.419 e. The number of piperidine rings is 1. The highest BCUT2D eigenvalue weighted by Crippen LogP contribution is 2.43. The fourth-order valence-electron chi connectivity index (χ4n) is 4.42. The minimum Gasteiger partial charge on any atom is -0.407 e. The Hall–Kier alpha value is -4.06. The molecule has 188 valence electrons. The van der Waals surface area contributed by atoms with Crippen molar-refractivity contribution in [3.8, 4) is 5.75 Å². The number of amides is 1. The zero-order valence-corrected chi connectivity index (χ0v) is 19.1. The summed E-state index contributed by atoms with van der Waals surface area (Å²) >= 11 is 0. The van der Waals surface area contributed by atoms with E-state index in [-0.39, 0.29) is 40.7 Å². The van der Waals surface area contributed by atoms with E-state index in [0.29, 0.717) is 19.5 Å². The van der Waals surface area contributed by atoms with Crippen molar-refractivity contribution >= 4 is 28.5 Å². The molecule has 1 fully saturated rings. The van der Waals surface area contributed by atoms with Gasteiger partial charge >= 0.3 is 12.3 Å². The Bertz CT molecular complexity index is 1370. The van der Waals surface area contributed by atoms with Crippen LogP contribution in [0.5, 0.6) is 5.75 Å². The van der Waals surface area contributed by atoms with Crippen LogP contribution in [0, 0.1) is 0 Å². The van der Waals surface area contributed by atoms with Crippen molar-refractivity contribution in [3.05, 3.63) is 66.2 Å². The zero-order valence-electron chi connectivity index (χ0n) is 19.1. The summed E-state index contributed by atoms with van der Waals surface area (Å²) in [6, 6.07) is 9.37. The molecule has 0 aliphatic carbocycles. The summed E-state index contributed by atoms with van der Waals surface area (Å²) in [5.41, 5.74) is 6.46. The molecule has 1 saturated heterocycles. The van der Waals surface area contributed by atoms with Crippen LogP contribution in [0.4, 0.5) is 29.3 Å². The normalized spacial score (nSPS) is 16.3. The van der Waals surface area contributed by atoms with E-state index in [9.17, 15) is 18.0 Å². The van der Waals surface area contributed by atoms with Crippen LogP contribution >= 0.6 is 0 Å². The molecule has 0 saturated carbocycles. The molecule has 0 radical (unpaired) electrons. The molecule has 1 atom stereocenters. The van der Waals surface area contributed by atoms with E-state index in [0.717, 1.165) is 18.2 Å². The first-order valence-corrected chi connectivity index (χ1v) is 11.4. The first-order valence-electron chi connectivity index (χ1n) is 11.4. The van der Waals surface area contributed by atoms with Gasteiger partial charge in [-0.25, -0.2) is 9.78 Å². The molecular weight excluding hydrogens is 475 g/mol. The van der Waals surface area contributed by atoms with Crippen LogP contribution in [0.2, 0.25) is 0 Å². The number of aromatic amines is 1. The average molecular weight is 499 g/mol. The van der Waals surface area contributed by atoms with Gasteiger partial charge in [-0.15, -0.1) is 0 Å². The number of halogens is 3. The van der Waals surface area contributed by atoms with E-state index in [1.165, 1.54) is 12.4 Å². The summed E-state index contributed by atoms with van der Waals surface area (Å²) in [5.74, 6) is 0.194. The summed E-state index contributed by atoms with van der Waals surface area (Å²) in [5, 5.41) is 6.88. The molecule has 4 N–H and O–H groups in total. The molecule has 12 heteroatoms. The van der Waals surface area contributed by atoms with Gasteiger partial charge in [-0.05, 0) is 18.4 Å². The number of rotatable bonds is 5. The van der Waals surface area contributed by atoms with E-state index in [1.807, 2.05) is 30.3 Å². The number of aromatic nitrogens is 4. The number of fused-ring (bicyclic) bond motifs is 1. The van der Waals surface area contributed by atoms with Gasteiger partial charge in [0.25, 0.3) is 0 Å². The van der Waals surface area contributed by atoms with Crippen molar-refractivity contribution in [2.24, 2.45) is 5.73 Å². The fourth-order valence-corrected chi connectivity index (χ4v) is 4.42. The minimum absolute atomic E-state index is 0.0603. The van der Waals surface area contributed by atoms with Crippen LogP contribution < -0.4 is 20.7 Å². The van der Waals surface area contributed by atoms with Gasteiger partial charge in [-0.2, -0.15) is 18.3 Å². The standard InChI is InChI=1S/C24H24F3N7O2/c25-24(26,27)18-10-29-22-20(21(18)33-8-4-7-16(28)13-33)19(11-30-22)32-23(35)36-17-9-31-34(14-17)12-15-5-2-1-3-6-15/h1-3,5-6,9-11,14,16H,4,7-8,12-13,28H2,(H,29,30)(H,32,35)/t16-/m1/s1. The first-order chi connectivity index (χ1) is 17.3. The third-order valence-electron chi connectivity index (χ3n) is 6.00. The molecule has 3 aromatic heterocycles. The summed E-state index contributed by atoms with van der Waals surface area (Å²) in [4.78, 5) is 21.0. The molecule has 1 aliphatic heterocycles. The molecule has 1 aromatic carbocycles. The van der Waals surface area contributed by atoms with Crippen LogP contribution in [-0.2, 0) is 12.7 Å². The number of nitrogens with one attached hydrogen (secondary N) is 2. The van der Waals surface area contributed by atoms with E-state index >= 15 is 0 Å². The van der Waals surface area contributed by atoms with Crippen molar-refractivity contribution in [3.63, 3.8) is 0 Å². The van der Waals surface area contributed by atoms with Crippen molar-refractivity contribution in [2.75, 3.05) is 23.3 Å². The van der Waals surface area contributed by atoms with Gasteiger partial charge < -0.3 is 20.4 Å². The van der Waals surface area contributed by atoms with E-state index in [1.54, 1.807) is 15.8 Å². The lowest BCUT2D eigenvalue weighted by molar-refractivity contribution is -0.137. The highest BCUT2D eigenvalue weighted by molar-refractivity contribution is 6.06. The monoisotopic (exact) mass is 499 g/mol. The Labute approximate surface area is 204 Å². The van der Waals surface area contributed by atoms with Gasteiger partial charge in [0, 0.05) is 31.5 Å². The number of benzene rings is 1. The number of ether oxygens (including phenoxy) is 1. The second-order valence-corrected chi connectivity index (χ2v) is 8.67. The topological polar surface area (TPSA) is 114 Å². The number of nitrogens with zero attached hydrogens (tertiary/aromatic N) is 4. The zero-order chi connectivity index (χ0) is 25.3. The smallest absolute Gasteiger partial charge is 0.407 e. The Morgan fingerprint density at radius 3 is 2.81 bits per heavy atom. The quantitative estimate of drug-likeness (QED) is 0.376. The maximum atomic E-state index is 13.9. The largest absolute Gasteiger partial charge is 0.419 e. The van der Waals surface area contributed by atoms with Crippen molar-refractivity contribution in [1.82, 2.24) is 19.7 Å². The molecule has 4 heterocycles. The molecule has 1 aliphatic rings. The van der Waals surface area contributed by atoms with Gasteiger partial charge in [0.15, 0.2) is 5.75 Å². The molecule has 0 unspecified atom stereocenters. The molecule has 4 aromatic rings. The summed E-state index contributed by atoms with van der Waals surface area (Å²) in [6.45, 7) is 1.16. The van der Waals surface area contributed by atoms with Gasteiger partial charge in [0.2, 0.25) is 0 Å². The fraction of sp³-hybridized carbons (Fsp3) is 0.292. The van der Waals surface area contributed by atoms with E-state index in [4.69, 9.17) is 10.5 Å². The Morgan fingerprint density at radius 1 is 1.25 bits per heavy atom. The lowest BCUT2D eigenvalue weighted by Crippen LogP contribution is -2.43. The van der Waals surface area contributed by atoms with Crippen LogP contribution in [0.1, 0.15) is 24.0 Å². The predicted octanol–water partition coefficient (Wildman–Crippen LogP) is 4.36. The van der Waals surface area contributed by atoms with Crippen LogP contribution in [0.25, 0.3) is 11.0 Å². The summed E-state index contributed by atoms with van der Waals surface area (Å²) in [7, 11) is 0. The number of alkyl halides is 3. The van der Waals surface area contributed by atoms with E-state index < -0.39 is 17.8 Å². The van der Waals surface area contributed by atoms with E-state index in [2.05, 4.69) is 20.4 Å². The number of hydrogen-bond donors (Lipinski definition) is 3. The molecule has 0 spiro atoms. The number of nitrogens with two attached hydrogens (primary N) is 1. The van der Waals surface area contributed by atoms with Gasteiger partial charge in [-0.1, -0.05) is 30.3 Å².